The minimum Gasteiger partial charge on any atom is -0.384 e. The molecule has 0 saturated heterocycles. The van der Waals surface area contributed by atoms with Gasteiger partial charge in [0.2, 0.25) is 0 Å². The maximum Gasteiger partial charge on any atom is 0.0490 e. The molecular weight excluding hydrogens is 208 g/mol. The first kappa shape index (κ1) is 13.4. The molecule has 1 nitrogen and oxygen atoms in total. The number of rotatable bonds is 4. The maximum absolute atomic E-state index is 5.29. The van der Waals surface area contributed by atoms with Gasteiger partial charge in [-0.1, -0.05) is 26.2 Å². The number of ether oxygens (including phenoxy) is 1. The molecule has 0 aromatic carbocycles. The second-order valence-corrected chi connectivity index (χ2v) is 6.43. The molecule has 1 heteroatoms. The lowest BCUT2D eigenvalue weighted by Crippen LogP contribution is -2.26. The Balaban J connectivity index is 1.70. The van der Waals surface area contributed by atoms with E-state index >= 15 is 0 Å². The highest BCUT2D eigenvalue weighted by Crippen LogP contribution is 2.41. The predicted octanol–water partition coefficient (Wildman–Crippen LogP) is 4.66. The van der Waals surface area contributed by atoms with E-state index in [0.717, 1.165) is 30.3 Å². The highest BCUT2D eigenvalue weighted by atomic mass is 16.5. The van der Waals surface area contributed by atoms with Gasteiger partial charge in [-0.3, -0.25) is 0 Å². The molecule has 0 spiro atoms. The van der Waals surface area contributed by atoms with Crippen molar-refractivity contribution in [3.8, 4) is 0 Å². The van der Waals surface area contributed by atoms with Crippen molar-refractivity contribution >= 4 is 0 Å². The van der Waals surface area contributed by atoms with Crippen molar-refractivity contribution < 1.29 is 4.74 Å². The molecular formula is C16H30O. The summed E-state index contributed by atoms with van der Waals surface area (Å²) in [5, 5.41) is 0. The van der Waals surface area contributed by atoms with Gasteiger partial charge >= 0.3 is 0 Å². The van der Waals surface area contributed by atoms with Gasteiger partial charge in [-0.05, 0) is 62.2 Å². The quantitative estimate of drug-likeness (QED) is 0.692. The molecule has 0 amide bonds. The zero-order chi connectivity index (χ0) is 12.1. The Morgan fingerprint density at radius 3 is 1.65 bits per heavy atom. The van der Waals surface area contributed by atoms with Gasteiger partial charge in [0.25, 0.3) is 0 Å². The summed E-state index contributed by atoms with van der Waals surface area (Å²) in [5.74, 6) is 4.04. The molecule has 2 aliphatic rings. The van der Waals surface area contributed by atoms with Crippen LogP contribution in [0.2, 0.25) is 0 Å². The zero-order valence-corrected chi connectivity index (χ0v) is 11.8. The molecule has 0 unspecified atom stereocenters. The molecule has 0 N–H and O–H groups in total. The van der Waals surface area contributed by atoms with Crippen LogP contribution in [0.3, 0.4) is 0 Å². The van der Waals surface area contributed by atoms with Gasteiger partial charge in [0.15, 0.2) is 0 Å². The molecule has 0 atom stereocenters. The van der Waals surface area contributed by atoms with Gasteiger partial charge in [0, 0.05) is 13.7 Å². The van der Waals surface area contributed by atoms with Crippen molar-refractivity contribution in [1.29, 1.82) is 0 Å². The lowest BCUT2D eigenvalue weighted by Gasteiger charge is -2.37. The van der Waals surface area contributed by atoms with E-state index in [9.17, 15) is 0 Å². The summed E-state index contributed by atoms with van der Waals surface area (Å²) in [4.78, 5) is 0. The fraction of sp³-hybridized carbons (Fsp3) is 1.00. The molecule has 100 valence electrons. The van der Waals surface area contributed by atoms with Crippen molar-refractivity contribution in [1.82, 2.24) is 0 Å². The molecule has 2 saturated carbocycles. The van der Waals surface area contributed by atoms with Crippen LogP contribution < -0.4 is 0 Å². The van der Waals surface area contributed by atoms with Crippen LogP contribution in [0.25, 0.3) is 0 Å². The summed E-state index contributed by atoms with van der Waals surface area (Å²) in [6.45, 7) is 3.36. The molecule has 0 radical (unpaired) electrons. The van der Waals surface area contributed by atoms with E-state index < -0.39 is 0 Å². The first-order valence-corrected chi connectivity index (χ1v) is 7.82. The predicted molar refractivity (Wildman–Crippen MR) is 73.1 cm³/mol. The van der Waals surface area contributed by atoms with Crippen LogP contribution in [-0.2, 0) is 4.74 Å². The van der Waals surface area contributed by atoms with E-state index in [2.05, 4.69) is 6.92 Å². The molecule has 0 aromatic rings. The average molecular weight is 238 g/mol. The monoisotopic (exact) mass is 238 g/mol. The molecule has 0 heterocycles. The van der Waals surface area contributed by atoms with Crippen molar-refractivity contribution in [2.45, 2.75) is 64.7 Å². The first-order valence-electron chi connectivity index (χ1n) is 7.82. The maximum atomic E-state index is 5.29. The van der Waals surface area contributed by atoms with Crippen molar-refractivity contribution in [2.75, 3.05) is 13.7 Å². The number of hydrogen-bond donors (Lipinski definition) is 0. The molecule has 0 aliphatic heterocycles. The smallest absolute Gasteiger partial charge is 0.0490 e. The Kier molecular flexibility index (Phi) is 5.34. The second-order valence-electron chi connectivity index (χ2n) is 6.43. The lowest BCUT2D eigenvalue weighted by molar-refractivity contribution is 0.0931. The van der Waals surface area contributed by atoms with Crippen molar-refractivity contribution in [3.05, 3.63) is 0 Å². The summed E-state index contributed by atoms with van der Waals surface area (Å²) in [7, 11) is 1.85. The fourth-order valence-corrected chi connectivity index (χ4v) is 4.13. The molecule has 2 rings (SSSR count). The Bertz CT molecular complexity index is 198. The fourth-order valence-electron chi connectivity index (χ4n) is 4.13. The van der Waals surface area contributed by atoms with E-state index in [1.54, 1.807) is 0 Å². The van der Waals surface area contributed by atoms with E-state index in [1.165, 1.54) is 57.8 Å². The van der Waals surface area contributed by atoms with Crippen LogP contribution in [-0.4, -0.2) is 13.7 Å². The number of hydrogen-bond acceptors (Lipinski definition) is 1. The summed E-state index contributed by atoms with van der Waals surface area (Å²) in [5.41, 5.74) is 0. The Morgan fingerprint density at radius 2 is 1.24 bits per heavy atom. The van der Waals surface area contributed by atoms with Gasteiger partial charge in [0.05, 0.1) is 0 Å². The highest BCUT2D eigenvalue weighted by molar-refractivity contribution is 4.81. The highest BCUT2D eigenvalue weighted by Gasteiger charge is 2.30. The third-order valence-corrected chi connectivity index (χ3v) is 5.43. The topological polar surface area (TPSA) is 9.23 Å². The summed E-state index contributed by atoms with van der Waals surface area (Å²) >= 11 is 0. The van der Waals surface area contributed by atoms with Crippen LogP contribution in [0.15, 0.2) is 0 Å². The average Bonchev–Trinajstić information content (AvgIpc) is 2.40. The van der Waals surface area contributed by atoms with Crippen LogP contribution in [0.1, 0.15) is 64.7 Å². The van der Waals surface area contributed by atoms with Crippen LogP contribution in [0, 0.1) is 23.7 Å². The molecule has 0 bridgehead atoms. The van der Waals surface area contributed by atoms with Gasteiger partial charge in [-0.15, -0.1) is 0 Å². The van der Waals surface area contributed by atoms with Gasteiger partial charge in [-0.2, -0.15) is 0 Å². The lowest BCUT2D eigenvalue weighted by atomic mass is 9.69. The van der Waals surface area contributed by atoms with Crippen molar-refractivity contribution in [3.63, 3.8) is 0 Å². The zero-order valence-electron chi connectivity index (χ0n) is 11.8. The van der Waals surface area contributed by atoms with Gasteiger partial charge in [0.1, 0.15) is 0 Å². The third kappa shape index (κ3) is 3.71. The normalized spacial score (nSPS) is 39.2. The Hall–Kier alpha value is -0.0400. The summed E-state index contributed by atoms with van der Waals surface area (Å²) in [6, 6.07) is 0. The number of methoxy groups -OCH3 is 1. The molecule has 17 heavy (non-hydrogen) atoms. The Morgan fingerprint density at radius 1 is 0.765 bits per heavy atom. The molecule has 2 fully saturated rings. The third-order valence-electron chi connectivity index (χ3n) is 5.43. The van der Waals surface area contributed by atoms with Crippen LogP contribution in [0.4, 0.5) is 0 Å². The molecule has 2 aliphatic carbocycles. The van der Waals surface area contributed by atoms with Gasteiger partial charge < -0.3 is 4.74 Å². The SMILES string of the molecule is CC[C@H]1CC[C@H]([C@H]2CC[C@H](COC)CC2)CC1. The van der Waals surface area contributed by atoms with Crippen molar-refractivity contribution in [2.24, 2.45) is 23.7 Å². The summed E-state index contributed by atoms with van der Waals surface area (Å²) < 4.78 is 5.29. The minimum absolute atomic E-state index is 0.864. The standard InChI is InChI=1S/C16H30O/c1-3-13-4-8-15(9-5-13)16-10-6-14(7-11-16)12-17-2/h13-16H,3-12H2,1-2H3/t13-,14-,15-,16-. The van der Waals surface area contributed by atoms with E-state index in [0.29, 0.717) is 0 Å². The van der Waals surface area contributed by atoms with E-state index in [4.69, 9.17) is 4.74 Å². The van der Waals surface area contributed by atoms with E-state index in [-0.39, 0.29) is 0 Å². The first-order chi connectivity index (χ1) is 8.33. The Labute approximate surface area is 107 Å². The van der Waals surface area contributed by atoms with E-state index in [1.807, 2.05) is 7.11 Å². The molecule has 0 aromatic heterocycles. The second kappa shape index (κ2) is 6.78. The summed E-state index contributed by atoms with van der Waals surface area (Å²) in [6.07, 6.45) is 13.3. The minimum atomic E-state index is 0.864. The van der Waals surface area contributed by atoms with Crippen LogP contribution in [0.5, 0.6) is 0 Å². The van der Waals surface area contributed by atoms with Gasteiger partial charge in [-0.25, -0.2) is 0 Å². The largest absolute Gasteiger partial charge is 0.384 e. The van der Waals surface area contributed by atoms with Crippen LogP contribution >= 0.6 is 0 Å².